The SMILES string of the molecule is Cc1ccc(C(=O)NCC2(C)CCNCC2)cc1S(=O)(=O)NC1CCCC1. The topological polar surface area (TPSA) is 87.3 Å². The van der Waals surface area contributed by atoms with Gasteiger partial charge >= 0.3 is 0 Å². The van der Waals surface area contributed by atoms with Crippen molar-refractivity contribution in [1.29, 1.82) is 0 Å². The van der Waals surface area contributed by atoms with Gasteiger partial charge in [-0.1, -0.05) is 25.8 Å². The lowest BCUT2D eigenvalue weighted by Crippen LogP contribution is -2.43. The van der Waals surface area contributed by atoms with Crippen LogP contribution in [0.1, 0.15) is 61.4 Å². The molecule has 0 radical (unpaired) electrons. The number of benzene rings is 1. The number of rotatable bonds is 6. The van der Waals surface area contributed by atoms with E-state index in [1.54, 1.807) is 19.1 Å². The third kappa shape index (κ3) is 5.09. The first-order valence-corrected chi connectivity index (χ1v) is 11.4. The predicted molar refractivity (Wildman–Crippen MR) is 106 cm³/mol. The third-order valence-electron chi connectivity index (χ3n) is 5.90. The first-order chi connectivity index (χ1) is 12.8. The van der Waals surface area contributed by atoms with Crippen molar-refractivity contribution in [3.05, 3.63) is 29.3 Å². The zero-order chi connectivity index (χ0) is 19.5. The molecule has 3 N–H and O–H groups in total. The molecule has 2 fully saturated rings. The van der Waals surface area contributed by atoms with Crippen LogP contribution in [0.15, 0.2) is 23.1 Å². The molecule has 1 aliphatic heterocycles. The lowest BCUT2D eigenvalue weighted by Gasteiger charge is -2.34. The number of hydrogen-bond acceptors (Lipinski definition) is 4. The Hall–Kier alpha value is -1.44. The fourth-order valence-electron chi connectivity index (χ4n) is 3.96. The Kier molecular flexibility index (Phi) is 6.23. The third-order valence-corrected chi connectivity index (χ3v) is 7.57. The predicted octanol–water partition coefficient (Wildman–Crippen LogP) is 2.34. The normalized spacial score (nSPS) is 20.5. The van der Waals surface area contributed by atoms with Gasteiger partial charge in [0.25, 0.3) is 5.91 Å². The maximum absolute atomic E-state index is 12.8. The van der Waals surface area contributed by atoms with Crippen LogP contribution in [0, 0.1) is 12.3 Å². The molecule has 27 heavy (non-hydrogen) atoms. The number of amides is 1. The van der Waals surface area contributed by atoms with Crippen LogP contribution in [0.5, 0.6) is 0 Å². The molecule has 1 saturated heterocycles. The zero-order valence-electron chi connectivity index (χ0n) is 16.3. The number of hydrogen-bond donors (Lipinski definition) is 3. The van der Waals surface area contributed by atoms with Crippen LogP contribution in [0.2, 0.25) is 0 Å². The number of sulfonamides is 1. The molecule has 1 saturated carbocycles. The van der Waals surface area contributed by atoms with Crippen LogP contribution in [-0.4, -0.2) is 40.0 Å². The quantitative estimate of drug-likeness (QED) is 0.692. The van der Waals surface area contributed by atoms with E-state index >= 15 is 0 Å². The Balaban J connectivity index is 1.71. The standard InChI is InChI=1S/C20H31N3O3S/c1-15-7-8-16(19(24)22-14-20(2)9-11-21-12-10-20)13-18(15)27(25,26)23-17-5-3-4-6-17/h7-8,13,17,21,23H,3-6,9-12,14H2,1-2H3,(H,22,24). The maximum atomic E-state index is 12.8. The lowest BCUT2D eigenvalue weighted by molar-refractivity contribution is 0.0922. The molecule has 1 aromatic rings. The highest BCUT2D eigenvalue weighted by molar-refractivity contribution is 7.89. The minimum absolute atomic E-state index is 0.00624. The molecule has 0 aromatic heterocycles. The molecule has 0 bridgehead atoms. The summed E-state index contributed by atoms with van der Waals surface area (Å²) in [5, 5.41) is 6.33. The summed E-state index contributed by atoms with van der Waals surface area (Å²) in [6, 6.07) is 4.92. The Morgan fingerprint density at radius 3 is 2.56 bits per heavy atom. The Bertz CT molecular complexity index is 780. The fraction of sp³-hybridized carbons (Fsp3) is 0.650. The monoisotopic (exact) mass is 393 g/mol. The van der Waals surface area contributed by atoms with Gasteiger partial charge in [-0.15, -0.1) is 0 Å². The summed E-state index contributed by atoms with van der Waals surface area (Å²) in [5.41, 5.74) is 1.14. The molecule has 1 aromatic carbocycles. The number of aryl methyl sites for hydroxylation is 1. The molecule has 1 heterocycles. The van der Waals surface area contributed by atoms with E-state index in [1.165, 1.54) is 6.07 Å². The van der Waals surface area contributed by atoms with Crippen molar-refractivity contribution in [3.63, 3.8) is 0 Å². The highest BCUT2D eigenvalue weighted by Gasteiger charge is 2.28. The van der Waals surface area contributed by atoms with Gasteiger partial charge in [0.05, 0.1) is 4.90 Å². The number of nitrogens with one attached hydrogen (secondary N) is 3. The summed E-state index contributed by atoms with van der Waals surface area (Å²) >= 11 is 0. The number of carbonyl (C=O) groups excluding carboxylic acids is 1. The van der Waals surface area contributed by atoms with Gasteiger partial charge < -0.3 is 10.6 Å². The fourth-order valence-corrected chi connectivity index (χ4v) is 5.54. The van der Waals surface area contributed by atoms with Crippen molar-refractivity contribution in [2.75, 3.05) is 19.6 Å². The number of carbonyl (C=O) groups is 1. The summed E-state index contributed by atoms with van der Waals surface area (Å²) in [4.78, 5) is 12.8. The molecule has 7 heteroatoms. The molecule has 150 valence electrons. The van der Waals surface area contributed by atoms with Crippen LogP contribution >= 0.6 is 0 Å². The summed E-state index contributed by atoms with van der Waals surface area (Å²) in [7, 11) is -3.62. The highest BCUT2D eigenvalue weighted by atomic mass is 32.2. The van der Waals surface area contributed by atoms with E-state index in [9.17, 15) is 13.2 Å². The second kappa shape index (κ2) is 8.29. The second-order valence-electron chi connectivity index (χ2n) is 8.33. The molecule has 0 atom stereocenters. The minimum Gasteiger partial charge on any atom is -0.351 e. The van der Waals surface area contributed by atoms with Gasteiger partial charge in [0, 0.05) is 18.2 Å². The van der Waals surface area contributed by atoms with E-state index in [0.717, 1.165) is 51.6 Å². The van der Waals surface area contributed by atoms with Gasteiger partial charge in [0.2, 0.25) is 10.0 Å². The lowest BCUT2D eigenvalue weighted by atomic mass is 9.81. The van der Waals surface area contributed by atoms with Crippen molar-refractivity contribution < 1.29 is 13.2 Å². The second-order valence-corrected chi connectivity index (χ2v) is 10.0. The van der Waals surface area contributed by atoms with Crippen molar-refractivity contribution in [2.24, 2.45) is 5.41 Å². The first-order valence-electron chi connectivity index (χ1n) is 9.91. The largest absolute Gasteiger partial charge is 0.351 e. The van der Waals surface area contributed by atoms with Gasteiger partial charge in [-0.3, -0.25) is 4.79 Å². The molecule has 1 amide bonds. The summed E-state index contributed by atoms with van der Waals surface area (Å²) < 4.78 is 28.4. The molecule has 2 aliphatic rings. The molecule has 0 unspecified atom stereocenters. The van der Waals surface area contributed by atoms with Crippen molar-refractivity contribution in [2.45, 2.75) is 63.3 Å². The first kappa shape index (κ1) is 20.3. The molecule has 3 rings (SSSR count). The molecule has 1 aliphatic carbocycles. The van der Waals surface area contributed by atoms with Crippen LogP contribution in [0.25, 0.3) is 0 Å². The Morgan fingerprint density at radius 2 is 1.89 bits per heavy atom. The summed E-state index contributed by atoms with van der Waals surface area (Å²) in [6.45, 7) is 6.48. The average molecular weight is 394 g/mol. The van der Waals surface area contributed by atoms with Gasteiger partial charge in [0.1, 0.15) is 0 Å². The number of piperidine rings is 1. The van der Waals surface area contributed by atoms with Crippen LogP contribution in [0.4, 0.5) is 0 Å². The van der Waals surface area contributed by atoms with Gasteiger partial charge in [0.15, 0.2) is 0 Å². The molecular formula is C20H31N3O3S. The summed E-state index contributed by atoms with van der Waals surface area (Å²) in [5.74, 6) is -0.216. The van der Waals surface area contributed by atoms with Crippen molar-refractivity contribution in [1.82, 2.24) is 15.4 Å². The van der Waals surface area contributed by atoms with E-state index in [1.807, 2.05) is 0 Å². The van der Waals surface area contributed by atoms with E-state index in [0.29, 0.717) is 17.7 Å². The van der Waals surface area contributed by atoms with Crippen molar-refractivity contribution in [3.8, 4) is 0 Å². The van der Waals surface area contributed by atoms with E-state index in [2.05, 4.69) is 22.3 Å². The Morgan fingerprint density at radius 1 is 1.22 bits per heavy atom. The molecule has 6 nitrogen and oxygen atoms in total. The molecular weight excluding hydrogens is 362 g/mol. The maximum Gasteiger partial charge on any atom is 0.251 e. The van der Waals surface area contributed by atoms with Gasteiger partial charge in [-0.2, -0.15) is 0 Å². The van der Waals surface area contributed by atoms with Crippen LogP contribution in [-0.2, 0) is 10.0 Å². The average Bonchev–Trinajstić information content (AvgIpc) is 3.13. The van der Waals surface area contributed by atoms with Crippen LogP contribution in [0.3, 0.4) is 0 Å². The van der Waals surface area contributed by atoms with Gasteiger partial charge in [-0.25, -0.2) is 13.1 Å². The van der Waals surface area contributed by atoms with Crippen molar-refractivity contribution >= 4 is 15.9 Å². The zero-order valence-corrected chi connectivity index (χ0v) is 17.1. The minimum atomic E-state index is -3.62. The smallest absolute Gasteiger partial charge is 0.251 e. The van der Waals surface area contributed by atoms with Gasteiger partial charge in [-0.05, 0) is 68.8 Å². The van der Waals surface area contributed by atoms with Crippen LogP contribution < -0.4 is 15.4 Å². The summed E-state index contributed by atoms with van der Waals surface area (Å²) in [6.07, 6.45) is 5.92. The highest BCUT2D eigenvalue weighted by Crippen LogP contribution is 2.27. The van der Waals surface area contributed by atoms with E-state index in [4.69, 9.17) is 0 Å². The van der Waals surface area contributed by atoms with E-state index < -0.39 is 10.0 Å². The molecule has 0 spiro atoms. The van der Waals surface area contributed by atoms with E-state index in [-0.39, 0.29) is 22.3 Å². The Labute approximate surface area is 162 Å².